The van der Waals surface area contributed by atoms with E-state index in [2.05, 4.69) is 10.3 Å². The van der Waals surface area contributed by atoms with Crippen molar-refractivity contribution in [3.8, 4) is 6.07 Å². The van der Waals surface area contributed by atoms with Gasteiger partial charge in [0.25, 0.3) is 0 Å². The standard InChI is InChI=1S/C13H15F3N4/c1-20-8-10(2-3-12(20)13(14,15)16)19-11-4-5-18-7-9(11)6-17/h4-5,7,10,12H,2-3,8H2,1H3,(H,18,19)/t10-,12+/m0/s1. The number of nitrogens with zero attached hydrogens (tertiary/aromatic N) is 3. The van der Waals surface area contributed by atoms with Gasteiger partial charge in [-0.25, -0.2) is 0 Å². The summed E-state index contributed by atoms with van der Waals surface area (Å²) in [6.45, 7) is 0.289. The molecular formula is C13H15F3N4. The maximum Gasteiger partial charge on any atom is 0.404 e. The summed E-state index contributed by atoms with van der Waals surface area (Å²) in [7, 11) is 1.48. The van der Waals surface area contributed by atoms with Crippen molar-refractivity contribution in [2.75, 3.05) is 18.9 Å². The molecular weight excluding hydrogens is 269 g/mol. The quantitative estimate of drug-likeness (QED) is 0.906. The van der Waals surface area contributed by atoms with Crippen LogP contribution in [0.4, 0.5) is 18.9 Å². The normalized spacial score (nSPS) is 24.1. The number of aromatic nitrogens is 1. The van der Waals surface area contributed by atoms with Crippen LogP contribution in [-0.4, -0.2) is 41.7 Å². The van der Waals surface area contributed by atoms with Crippen LogP contribution in [0.15, 0.2) is 18.5 Å². The Kier molecular flexibility index (Phi) is 4.14. The van der Waals surface area contributed by atoms with Crippen molar-refractivity contribution in [2.24, 2.45) is 0 Å². The lowest BCUT2D eigenvalue weighted by Gasteiger charge is -2.38. The van der Waals surface area contributed by atoms with Gasteiger partial charge in [-0.15, -0.1) is 0 Å². The molecule has 0 amide bonds. The number of rotatable bonds is 2. The Hall–Kier alpha value is -1.81. The van der Waals surface area contributed by atoms with Crippen LogP contribution in [0.1, 0.15) is 18.4 Å². The molecule has 20 heavy (non-hydrogen) atoms. The van der Waals surface area contributed by atoms with Gasteiger partial charge in [0.2, 0.25) is 0 Å². The number of nitriles is 1. The number of likely N-dealkylation sites (N-methyl/N-ethyl adjacent to an activating group) is 1. The first kappa shape index (κ1) is 14.6. The van der Waals surface area contributed by atoms with E-state index in [1.54, 1.807) is 12.3 Å². The van der Waals surface area contributed by atoms with Crippen molar-refractivity contribution in [3.63, 3.8) is 0 Å². The topological polar surface area (TPSA) is 52.0 Å². The summed E-state index contributed by atoms with van der Waals surface area (Å²) in [5.74, 6) is 0. The van der Waals surface area contributed by atoms with Gasteiger partial charge >= 0.3 is 6.18 Å². The highest BCUT2D eigenvalue weighted by atomic mass is 19.4. The molecule has 2 rings (SSSR count). The number of hydrogen-bond acceptors (Lipinski definition) is 4. The van der Waals surface area contributed by atoms with Crippen LogP contribution in [0.5, 0.6) is 0 Å². The maximum absolute atomic E-state index is 12.8. The van der Waals surface area contributed by atoms with Gasteiger partial charge in [0.1, 0.15) is 12.1 Å². The van der Waals surface area contributed by atoms with Gasteiger partial charge in [0, 0.05) is 25.0 Å². The van der Waals surface area contributed by atoms with Crippen molar-refractivity contribution < 1.29 is 13.2 Å². The minimum Gasteiger partial charge on any atom is -0.380 e. The minimum atomic E-state index is -4.19. The number of nitrogens with one attached hydrogen (secondary N) is 1. The van der Waals surface area contributed by atoms with E-state index in [1.165, 1.54) is 18.1 Å². The fraction of sp³-hybridized carbons (Fsp3) is 0.538. The first-order valence-electron chi connectivity index (χ1n) is 6.29. The number of likely N-dealkylation sites (tertiary alicyclic amines) is 1. The number of alkyl halides is 3. The van der Waals surface area contributed by atoms with Crippen LogP contribution in [0.25, 0.3) is 0 Å². The van der Waals surface area contributed by atoms with Crippen molar-refractivity contribution in [3.05, 3.63) is 24.0 Å². The molecule has 1 aliphatic rings. The second-order valence-corrected chi connectivity index (χ2v) is 4.95. The Morgan fingerprint density at radius 1 is 1.45 bits per heavy atom. The van der Waals surface area contributed by atoms with Crippen LogP contribution in [0, 0.1) is 11.3 Å². The summed E-state index contributed by atoms with van der Waals surface area (Å²) < 4.78 is 38.3. The number of hydrogen-bond donors (Lipinski definition) is 1. The van der Waals surface area contributed by atoms with Crippen LogP contribution in [0.3, 0.4) is 0 Å². The molecule has 1 aliphatic heterocycles. The van der Waals surface area contributed by atoms with E-state index >= 15 is 0 Å². The minimum absolute atomic E-state index is 0.0602. The zero-order valence-corrected chi connectivity index (χ0v) is 11.0. The Bertz CT molecular complexity index is 509. The van der Waals surface area contributed by atoms with E-state index in [9.17, 15) is 13.2 Å². The molecule has 0 spiro atoms. The van der Waals surface area contributed by atoms with E-state index < -0.39 is 12.2 Å². The highest BCUT2D eigenvalue weighted by Crippen LogP contribution is 2.31. The van der Waals surface area contributed by atoms with E-state index in [0.717, 1.165) is 0 Å². The van der Waals surface area contributed by atoms with E-state index in [1.807, 2.05) is 6.07 Å². The summed E-state index contributed by atoms with van der Waals surface area (Å²) in [6.07, 6.45) is -0.720. The fourth-order valence-electron chi connectivity index (χ4n) is 2.51. The Balaban J connectivity index is 2.02. The van der Waals surface area contributed by atoms with Gasteiger partial charge in [-0.2, -0.15) is 18.4 Å². The van der Waals surface area contributed by atoms with E-state index in [4.69, 9.17) is 5.26 Å². The van der Waals surface area contributed by atoms with Crippen molar-refractivity contribution >= 4 is 5.69 Å². The maximum atomic E-state index is 12.8. The molecule has 7 heteroatoms. The van der Waals surface area contributed by atoms with Gasteiger partial charge in [0.15, 0.2) is 0 Å². The first-order chi connectivity index (χ1) is 9.41. The van der Waals surface area contributed by atoms with Gasteiger partial charge in [-0.05, 0) is 26.0 Å². The molecule has 1 aromatic heterocycles. The predicted molar refractivity (Wildman–Crippen MR) is 68.1 cm³/mol. The summed E-state index contributed by atoms with van der Waals surface area (Å²) in [5.41, 5.74) is 1.01. The van der Waals surface area contributed by atoms with Gasteiger partial charge in [-0.3, -0.25) is 9.88 Å². The first-order valence-corrected chi connectivity index (χ1v) is 6.29. The van der Waals surface area contributed by atoms with Gasteiger partial charge in [-0.1, -0.05) is 0 Å². The molecule has 108 valence electrons. The molecule has 0 bridgehead atoms. The Morgan fingerprint density at radius 2 is 2.20 bits per heavy atom. The third kappa shape index (κ3) is 3.20. The second-order valence-electron chi connectivity index (χ2n) is 4.95. The number of halogens is 3. The molecule has 1 saturated heterocycles. The fourth-order valence-corrected chi connectivity index (χ4v) is 2.51. The van der Waals surface area contributed by atoms with Crippen molar-refractivity contribution in [1.82, 2.24) is 9.88 Å². The summed E-state index contributed by atoms with van der Waals surface area (Å²) in [4.78, 5) is 5.16. The van der Waals surface area contributed by atoms with Crippen LogP contribution >= 0.6 is 0 Å². The van der Waals surface area contributed by atoms with E-state index in [-0.39, 0.29) is 19.0 Å². The molecule has 1 aromatic rings. The van der Waals surface area contributed by atoms with Crippen molar-refractivity contribution in [2.45, 2.75) is 31.1 Å². The Labute approximate surface area is 115 Å². The molecule has 2 heterocycles. The molecule has 2 atom stereocenters. The molecule has 0 saturated carbocycles. The monoisotopic (exact) mass is 284 g/mol. The zero-order valence-electron chi connectivity index (χ0n) is 11.0. The number of piperidine rings is 1. The lowest BCUT2D eigenvalue weighted by Crippen LogP contribution is -2.52. The largest absolute Gasteiger partial charge is 0.404 e. The Morgan fingerprint density at radius 3 is 2.80 bits per heavy atom. The van der Waals surface area contributed by atoms with Gasteiger partial charge < -0.3 is 5.32 Å². The molecule has 0 aliphatic carbocycles. The predicted octanol–water partition coefficient (Wildman–Crippen LogP) is 2.39. The lowest BCUT2D eigenvalue weighted by atomic mass is 9.98. The summed E-state index contributed by atoms with van der Waals surface area (Å²) in [6, 6.07) is 2.19. The average Bonchev–Trinajstić information content (AvgIpc) is 2.38. The van der Waals surface area contributed by atoms with Crippen molar-refractivity contribution in [1.29, 1.82) is 5.26 Å². The van der Waals surface area contributed by atoms with Crippen LogP contribution < -0.4 is 5.32 Å². The third-order valence-corrected chi connectivity index (χ3v) is 3.51. The van der Waals surface area contributed by atoms with Crippen LogP contribution in [0.2, 0.25) is 0 Å². The molecule has 0 aromatic carbocycles. The summed E-state index contributed by atoms with van der Waals surface area (Å²) >= 11 is 0. The molecule has 1 fully saturated rings. The molecule has 0 unspecified atom stereocenters. The number of anilines is 1. The molecule has 0 radical (unpaired) electrons. The summed E-state index contributed by atoms with van der Waals surface area (Å²) in [5, 5.41) is 12.1. The van der Waals surface area contributed by atoms with E-state index in [0.29, 0.717) is 17.7 Å². The average molecular weight is 284 g/mol. The zero-order chi connectivity index (χ0) is 14.8. The highest BCUT2D eigenvalue weighted by molar-refractivity contribution is 5.56. The van der Waals surface area contributed by atoms with Crippen LogP contribution in [-0.2, 0) is 0 Å². The third-order valence-electron chi connectivity index (χ3n) is 3.51. The van der Waals surface area contributed by atoms with Gasteiger partial charge in [0.05, 0.1) is 11.3 Å². The smallest absolute Gasteiger partial charge is 0.380 e. The lowest BCUT2D eigenvalue weighted by molar-refractivity contribution is -0.187. The highest BCUT2D eigenvalue weighted by Gasteiger charge is 2.44. The number of pyridine rings is 1. The second kappa shape index (κ2) is 5.67. The molecule has 1 N–H and O–H groups in total. The molecule has 4 nitrogen and oxygen atoms in total. The SMILES string of the molecule is CN1C[C@@H](Nc2ccncc2C#N)CC[C@@H]1C(F)(F)F.